The number of anilines is 1. The molecular formula is C21H25NO6. The second-order valence-corrected chi connectivity index (χ2v) is 5.88. The summed E-state index contributed by atoms with van der Waals surface area (Å²) >= 11 is 0. The van der Waals surface area contributed by atoms with Crippen LogP contribution in [0.1, 0.15) is 22.8 Å². The molecule has 0 aliphatic carbocycles. The lowest BCUT2D eigenvalue weighted by Crippen LogP contribution is -2.04. The van der Waals surface area contributed by atoms with Crippen LogP contribution < -0.4 is 29.4 Å². The Bertz CT molecular complexity index is 904. The number of carbonyl (C=O) groups excluding carboxylic acids is 1. The molecule has 2 rings (SSSR count). The molecule has 2 aromatic carbocycles. The predicted molar refractivity (Wildman–Crippen MR) is 108 cm³/mol. The molecule has 0 atom stereocenters. The molecule has 0 amide bonds. The van der Waals surface area contributed by atoms with E-state index in [1.807, 2.05) is 0 Å². The van der Waals surface area contributed by atoms with E-state index in [4.69, 9.17) is 29.4 Å². The summed E-state index contributed by atoms with van der Waals surface area (Å²) in [7, 11) is 7.56. The molecule has 0 heterocycles. The number of Topliss-reactive ketones (excluding diaryl/α,β-unsaturated/α-hetero) is 1. The minimum atomic E-state index is -0.172. The van der Waals surface area contributed by atoms with Gasteiger partial charge in [0, 0.05) is 11.1 Å². The summed E-state index contributed by atoms with van der Waals surface area (Å²) in [6, 6.07) is 6.63. The van der Waals surface area contributed by atoms with Crippen LogP contribution in [0.25, 0.3) is 6.08 Å². The Hall–Kier alpha value is -3.35. The maximum atomic E-state index is 12.9. The number of nitrogen functional groups attached to an aromatic ring is 1. The Labute approximate surface area is 164 Å². The highest BCUT2D eigenvalue weighted by Gasteiger charge is 2.21. The van der Waals surface area contributed by atoms with Gasteiger partial charge < -0.3 is 29.4 Å². The summed E-state index contributed by atoms with van der Waals surface area (Å²) in [6.45, 7) is 1.72. The Balaban J connectivity index is 2.55. The van der Waals surface area contributed by atoms with Crippen LogP contribution in [0.4, 0.5) is 5.69 Å². The molecule has 0 aliphatic rings. The van der Waals surface area contributed by atoms with Crippen molar-refractivity contribution in [3.63, 3.8) is 0 Å². The number of ether oxygens (including phenoxy) is 5. The van der Waals surface area contributed by atoms with Crippen LogP contribution in [0, 0.1) is 0 Å². The Kier molecular flexibility index (Phi) is 6.76. The quantitative estimate of drug-likeness (QED) is 0.420. The fourth-order valence-electron chi connectivity index (χ4n) is 2.85. The molecule has 0 fully saturated rings. The first-order valence-corrected chi connectivity index (χ1v) is 8.45. The zero-order valence-corrected chi connectivity index (χ0v) is 16.9. The molecule has 0 aromatic heterocycles. The number of nitrogens with two attached hydrogens (primary N) is 1. The molecule has 0 bridgehead atoms. The number of methoxy groups -OCH3 is 5. The van der Waals surface area contributed by atoms with Crippen LogP contribution in [0.2, 0.25) is 0 Å². The first-order valence-electron chi connectivity index (χ1n) is 8.45. The molecule has 7 nitrogen and oxygen atoms in total. The van der Waals surface area contributed by atoms with Gasteiger partial charge in [-0.2, -0.15) is 0 Å². The zero-order valence-electron chi connectivity index (χ0n) is 16.9. The Morgan fingerprint density at radius 1 is 0.821 bits per heavy atom. The normalized spacial score (nSPS) is 11.0. The van der Waals surface area contributed by atoms with Gasteiger partial charge in [-0.25, -0.2) is 0 Å². The minimum absolute atomic E-state index is 0.172. The number of carbonyl (C=O) groups is 1. The van der Waals surface area contributed by atoms with Crippen LogP contribution in [0.5, 0.6) is 28.7 Å². The van der Waals surface area contributed by atoms with Crippen molar-refractivity contribution >= 4 is 17.5 Å². The number of hydrogen-bond acceptors (Lipinski definition) is 7. The van der Waals surface area contributed by atoms with Crippen molar-refractivity contribution in [3.8, 4) is 28.7 Å². The molecule has 7 heteroatoms. The van der Waals surface area contributed by atoms with Crippen molar-refractivity contribution in [2.75, 3.05) is 41.3 Å². The zero-order chi connectivity index (χ0) is 20.8. The molecule has 2 aromatic rings. The lowest BCUT2D eigenvalue weighted by molar-refractivity contribution is 0.103. The number of allylic oxidation sites excluding steroid dienone is 1. The summed E-state index contributed by atoms with van der Waals surface area (Å²) in [5.41, 5.74) is 7.85. The fourth-order valence-corrected chi connectivity index (χ4v) is 2.85. The summed E-state index contributed by atoms with van der Waals surface area (Å²) in [6.07, 6.45) is 1.70. The van der Waals surface area contributed by atoms with Crippen molar-refractivity contribution in [1.29, 1.82) is 0 Å². The topological polar surface area (TPSA) is 89.2 Å². The summed E-state index contributed by atoms with van der Waals surface area (Å²) in [5.74, 6) is 1.96. The Morgan fingerprint density at radius 2 is 1.43 bits per heavy atom. The third-order valence-corrected chi connectivity index (χ3v) is 4.24. The van der Waals surface area contributed by atoms with Gasteiger partial charge in [0.05, 0.1) is 41.2 Å². The van der Waals surface area contributed by atoms with Gasteiger partial charge in [-0.05, 0) is 42.8 Å². The van der Waals surface area contributed by atoms with Gasteiger partial charge in [-0.15, -0.1) is 0 Å². The molecule has 0 radical (unpaired) electrons. The maximum Gasteiger partial charge on any atom is 0.207 e. The molecule has 0 saturated carbocycles. The minimum Gasteiger partial charge on any atom is -0.495 e. The number of ketones is 1. The van der Waals surface area contributed by atoms with E-state index in [9.17, 15) is 4.79 Å². The van der Waals surface area contributed by atoms with E-state index in [1.165, 1.54) is 35.5 Å². The van der Waals surface area contributed by atoms with Crippen LogP contribution in [0.3, 0.4) is 0 Å². The first-order chi connectivity index (χ1) is 13.4. The lowest BCUT2D eigenvalue weighted by atomic mass is 10.0. The molecule has 0 aliphatic heterocycles. The van der Waals surface area contributed by atoms with Crippen LogP contribution in [-0.4, -0.2) is 41.3 Å². The van der Waals surface area contributed by atoms with Crippen LogP contribution in [0.15, 0.2) is 29.8 Å². The molecule has 0 saturated heterocycles. The van der Waals surface area contributed by atoms with Gasteiger partial charge in [0.25, 0.3) is 0 Å². The highest BCUT2D eigenvalue weighted by Crippen LogP contribution is 2.47. The predicted octanol–water partition coefficient (Wildman–Crippen LogP) is 3.60. The molecule has 150 valence electrons. The molecule has 2 N–H and O–H groups in total. The highest BCUT2D eigenvalue weighted by molar-refractivity contribution is 6.11. The molecular weight excluding hydrogens is 362 g/mol. The lowest BCUT2D eigenvalue weighted by Gasteiger charge is -2.17. The van der Waals surface area contributed by atoms with E-state index in [-0.39, 0.29) is 5.78 Å². The second kappa shape index (κ2) is 9.03. The van der Waals surface area contributed by atoms with Gasteiger partial charge in [0.2, 0.25) is 11.5 Å². The second-order valence-electron chi connectivity index (χ2n) is 5.88. The SMILES string of the molecule is COc1cc(C(=O)/C(C)=C/c2cc(OC)c(OC)c(OC)c2OC)ccc1N. The first kappa shape index (κ1) is 21.0. The van der Waals surface area contributed by atoms with E-state index in [0.717, 1.165) is 0 Å². The van der Waals surface area contributed by atoms with Gasteiger partial charge >= 0.3 is 0 Å². The summed E-state index contributed by atoms with van der Waals surface area (Å²) in [4.78, 5) is 12.9. The fraction of sp³-hybridized carbons (Fsp3) is 0.286. The van der Waals surface area contributed by atoms with Crippen molar-refractivity contribution in [2.24, 2.45) is 0 Å². The third-order valence-electron chi connectivity index (χ3n) is 4.24. The van der Waals surface area contributed by atoms with E-state index < -0.39 is 0 Å². The van der Waals surface area contributed by atoms with Crippen LogP contribution in [-0.2, 0) is 0 Å². The van der Waals surface area contributed by atoms with Gasteiger partial charge in [0.1, 0.15) is 5.75 Å². The standard InChI is InChI=1S/C21H25NO6/c1-12(18(23)13-7-8-15(22)16(10-13)24-2)9-14-11-17(25-3)20(27-5)21(28-6)19(14)26-4/h7-11H,22H2,1-6H3/b12-9+. The molecule has 0 spiro atoms. The number of benzene rings is 2. The number of hydrogen-bond donors (Lipinski definition) is 1. The summed E-state index contributed by atoms with van der Waals surface area (Å²) < 4.78 is 26.9. The van der Waals surface area contributed by atoms with E-state index in [0.29, 0.717) is 51.1 Å². The van der Waals surface area contributed by atoms with Gasteiger partial charge in [-0.3, -0.25) is 4.79 Å². The Morgan fingerprint density at radius 3 is 1.96 bits per heavy atom. The largest absolute Gasteiger partial charge is 0.495 e. The van der Waals surface area contributed by atoms with Crippen molar-refractivity contribution in [1.82, 2.24) is 0 Å². The number of rotatable bonds is 8. The summed E-state index contributed by atoms with van der Waals surface area (Å²) in [5, 5.41) is 0. The maximum absolute atomic E-state index is 12.9. The monoisotopic (exact) mass is 387 g/mol. The molecule has 0 unspecified atom stereocenters. The van der Waals surface area contributed by atoms with Gasteiger partial charge in [-0.1, -0.05) is 0 Å². The average molecular weight is 387 g/mol. The average Bonchev–Trinajstić information content (AvgIpc) is 2.72. The highest BCUT2D eigenvalue weighted by atomic mass is 16.5. The van der Waals surface area contributed by atoms with Gasteiger partial charge in [0.15, 0.2) is 17.3 Å². The van der Waals surface area contributed by atoms with E-state index in [2.05, 4.69) is 0 Å². The van der Waals surface area contributed by atoms with Crippen molar-refractivity contribution in [3.05, 3.63) is 41.0 Å². The third kappa shape index (κ3) is 3.98. The molecule has 28 heavy (non-hydrogen) atoms. The van der Waals surface area contributed by atoms with Crippen LogP contribution >= 0.6 is 0 Å². The smallest absolute Gasteiger partial charge is 0.207 e. The van der Waals surface area contributed by atoms with E-state index in [1.54, 1.807) is 37.3 Å². The van der Waals surface area contributed by atoms with Crippen molar-refractivity contribution < 1.29 is 28.5 Å². The van der Waals surface area contributed by atoms with Crippen molar-refractivity contribution in [2.45, 2.75) is 6.92 Å². The van der Waals surface area contributed by atoms with E-state index >= 15 is 0 Å².